The van der Waals surface area contributed by atoms with Crippen LogP contribution < -0.4 is 5.32 Å². The highest BCUT2D eigenvalue weighted by atomic mass is 35.5. The number of nitrogens with one attached hydrogen (secondary N) is 1. The number of aryl methyl sites for hydroxylation is 1. The number of imidazole rings is 1. The Morgan fingerprint density at radius 1 is 1.45 bits per heavy atom. The fourth-order valence-corrected chi connectivity index (χ4v) is 2.92. The highest BCUT2D eigenvalue weighted by Crippen LogP contribution is 2.53. The van der Waals surface area contributed by atoms with E-state index in [1.54, 1.807) is 6.20 Å². The minimum Gasteiger partial charge on any atom is -0.352 e. The molecule has 4 nitrogen and oxygen atoms in total. The second kappa shape index (κ2) is 5.94. The van der Waals surface area contributed by atoms with Crippen molar-refractivity contribution in [1.29, 1.82) is 0 Å². The summed E-state index contributed by atoms with van der Waals surface area (Å²) in [7, 11) is 0. The first-order chi connectivity index (χ1) is 10.5. The van der Waals surface area contributed by atoms with E-state index in [1.807, 2.05) is 25.3 Å². The molecule has 0 bridgehead atoms. The smallest absolute Gasteiger partial charge is 0.226 e. The zero-order valence-corrected chi connectivity index (χ0v) is 13.7. The molecule has 1 aliphatic rings. The number of carbonyl (C=O) groups excluding carboxylic acids is 1. The minimum absolute atomic E-state index is 0.0825. The number of aromatic nitrogens is 2. The molecule has 1 saturated carbocycles. The SMILES string of the molecule is Cc1nccn1Cc1cccc(CNC(=O)C2CC2(Cl)Cl)c1. The fourth-order valence-electron chi connectivity index (χ4n) is 2.42. The van der Waals surface area contributed by atoms with Crippen LogP contribution in [-0.2, 0) is 17.9 Å². The van der Waals surface area contributed by atoms with Gasteiger partial charge < -0.3 is 9.88 Å². The van der Waals surface area contributed by atoms with Gasteiger partial charge in [-0.2, -0.15) is 0 Å². The number of carbonyl (C=O) groups is 1. The molecular weight excluding hydrogens is 321 g/mol. The van der Waals surface area contributed by atoms with E-state index in [1.165, 1.54) is 5.56 Å². The van der Waals surface area contributed by atoms with E-state index in [2.05, 4.69) is 27.0 Å². The van der Waals surface area contributed by atoms with Gasteiger partial charge in [0.05, 0.1) is 5.92 Å². The summed E-state index contributed by atoms with van der Waals surface area (Å²) in [6, 6.07) is 8.13. The second-order valence-electron chi connectivity index (χ2n) is 5.66. The maximum absolute atomic E-state index is 11.9. The lowest BCUT2D eigenvalue weighted by Gasteiger charge is -2.09. The zero-order valence-electron chi connectivity index (χ0n) is 12.2. The number of benzene rings is 1. The molecule has 0 saturated heterocycles. The van der Waals surface area contributed by atoms with E-state index in [0.717, 1.165) is 17.9 Å². The van der Waals surface area contributed by atoms with Crippen LogP contribution in [0.1, 0.15) is 23.4 Å². The van der Waals surface area contributed by atoms with Crippen molar-refractivity contribution in [3.63, 3.8) is 0 Å². The molecule has 1 aromatic carbocycles. The molecule has 1 atom stereocenters. The summed E-state index contributed by atoms with van der Waals surface area (Å²) < 4.78 is 1.21. The van der Waals surface area contributed by atoms with Gasteiger partial charge in [-0.15, -0.1) is 23.2 Å². The average Bonchev–Trinajstić information content (AvgIpc) is 2.94. The zero-order chi connectivity index (χ0) is 15.7. The van der Waals surface area contributed by atoms with Crippen LogP contribution in [0.4, 0.5) is 0 Å². The van der Waals surface area contributed by atoms with Crippen LogP contribution in [0.5, 0.6) is 0 Å². The molecule has 1 aliphatic carbocycles. The van der Waals surface area contributed by atoms with Crippen molar-refractivity contribution >= 4 is 29.1 Å². The summed E-state index contributed by atoms with van der Waals surface area (Å²) in [4.78, 5) is 16.1. The van der Waals surface area contributed by atoms with Crippen molar-refractivity contribution in [2.24, 2.45) is 5.92 Å². The first kappa shape index (κ1) is 15.4. The fraction of sp³-hybridized carbons (Fsp3) is 0.375. The number of nitrogens with zero attached hydrogens (tertiary/aromatic N) is 2. The van der Waals surface area contributed by atoms with E-state index in [9.17, 15) is 4.79 Å². The molecule has 1 unspecified atom stereocenters. The average molecular weight is 338 g/mol. The molecule has 1 amide bonds. The Hall–Kier alpha value is -1.52. The van der Waals surface area contributed by atoms with Crippen LogP contribution in [0.15, 0.2) is 36.7 Å². The minimum atomic E-state index is -0.870. The number of halogens is 2. The van der Waals surface area contributed by atoms with Crippen molar-refractivity contribution in [3.8, 4) is 0 Å². The molecule has 1 N–H and O–H groups in total. The molecule has 3 rings (SSSR count). The Morgan fingerprint density at radius 2 is 2.18 bits per heavy atom. The molecule has 2 aromatic rings. The Morgan fingerprint density at radius 3 is 2.82 bits per heavy atom. The molecule has 116 valence electrons. The Kier molecular flexibility index (Phi) is 4.15. The molecule has 1 fully saturated rings. The van der Waals surface area contributed by atoms with Crippen molar-refractivity contribution in [3.05, 3.63) is 53.6 Å². The van der Waals surface area contributed by atoms with E-state index in [-0.39, 0.29) is 11.8 Å². The number of alkyl halides is 2. The highest BCUT2D eigenvalue weighted by molar-refractivity contribution is 6.52. The third kappa shape index (κ3) is 3.45. The lowest BCUT2D eigenvalue weighted by atomic mass is 10.1. The Labute approximate surface area is 139 Å². The second-order valence-corrected chi connectivity index (χ2v) is 7.20. The van der Waals surface area contributed by atoms with E-state index >= 15 is 0 Å². The van der Waals surface area contributed by atoms with Gasteiger partial charge in [0.2, 0.25) is 5.91 Å². The van der Waals surface area contributed by atoms with Crippen LogP contribution >= 0.6 is 23.2 Å². The quantitative estimate of drug-likeness (QED) is 0.852. The summed E-state index contributed by atoms with van der Waals surface area (Å²) in [5.41, 5.74) is 2.22. The molecule has 0 spiro atoms. The monoisotopic (exact) mass is 337 g/mol. The van der Waals surface area contributed by atoms with Gasteiger partial charge in [-0.25, -0.2) is 4.98 Å². The number of amides is 1. The van der Waals surface area contributed by atoms with Crippen LogP contribution in [-0.4, -0.2) is 19.8 Å². The third-order valence-electron chi connectivity index (χ3n) is 3.88. The maximum atomic E-state index is 11.9. The van der Waals surface area contributed by atoms with Gasteiger partial charge in [-0.3, -0.25) is 4.79 Å². The Balaban J connectivity index is 1.60. The lowest BCUT2D eigenvalue weighted by Crippen LogP contribution is -2.26. The van der Waals surface area contributed by atoms with Crippen molar-refractivity contribution in [2.45, 2.75) is 30.8 Å². The standard InChI is InChI=1S/C16H17Cl2N3O/c1-11-19-5-6-21(11)10-13-4-2-3-12(7-13)9-20-15(22)14-8-16(14,17)18/h2-7,14H,8-10H2,1H3,(H,20,22). The van der Waals surface area contributed by atoms with Gasteiger partial charge in [0.25, 0.3) is 0 Å². The van der Waals surface area contributed by atoms with Gasteiger partial charge in [0.15, 0.2) is 0 Å². The van der Waals surface area contributed by atoms with Gasteiger partial charge in [0, 0.05) is 25.5 Å². The van der Waals surface area contributed by atoms with Gasteiger partial charge in [0.1, 0.15) is 10.2 Å². The highest BCUT2D eigenvalue weighted by Gasteiger charge is 2.56. The predicted molar refractivity (Wildman–Crippen MR) is 86.9 cm³/mol. The summed E-state index contributed by atoms with van der Waals surface area (Å²) in [5, 5.41) is 2.89. The number of hydrogen-bond acceptors (Lipinski definition) is 2. The molecule has 0 radical (unpaired) electrons. The summed E-state index contributed by atoms with van der Waals surface area (Å²) in [6.07, 6.45) is 4.28. The molecule has 22 heavy (non-hydrogen) atoms. The van der Waals surface area contributed by atoms with Crippen LogP contribution in [0.3, 0.4) is 0 Å². The first-order valence-electron chi connectivity index (χ1n) is 7.17. The predicted octanol–water partition coefficient (Wildman–Crippen LogP) is 3.05. The summed E-state index contributed by atoms with van der Waals surface area (Å²) >= 11 is 11.8. The number of hydrogen-bond donors (Lipinski definition) is 1. The molecule has 6 heteroatoms. The molecular formula is C16H17Cl2N3O. The van der Waals surface area contributed by atoms with Crippen LogP contribution in [0.25, 0.3) is 0 Å². The Bertz CT molecular complexity index is 696. The number of rotatable bonds is 5. The maximum Gasteiger partial charge on any atom is 0.226 e. The topological polar surface area (TPSA) is 46.9 Å². The first-order valence-corrected chi connectivity index (χ1v) is 7.92. The van der Waals surface area contributed by atoms with E-state index < -0.39 is 4.33 Å². The molecule has 1 heterocycles. The summed E-state index contributed by atoms with van der Waals surface area (Å²) in [6.45, 7) is 3.23. The lowest BCUT2D eigenvalue weighted by molar-refractivity contribution is -0.122. The van der Waals surface area contributed by atoms with Crippen LogP contribution in [0.2, 0.25) is 0 Å². The van der Waals surface area contributed by atoms with Gasteiger partial charge >= 0.3 is 0 Å². The normalized spacial score (nSPS) is 19.0. The largest absolute Gasteiger partial charge is 0.352 e. The van der Waals surface area contributed by atoms with Gasteiger partial charge in [-0.05, 0) is 24.5 Å². The summed E-state index contributed by atoms with van der Waals surface area (Å²) in [5.74, 6) is 0.612. The van der Waals surface area contributed by atoms with Crippen molar-refractivity contribution in [2.75, 3.05) is 0 Å². The molecule has 1 aromatic heterocycles. The van der Waals surface area contributed by atoms with E-state index in [0.29, 0.717) is 13.0 Å². The molecule has 0 aliphatic heterocycles. The van der Waals surface area contributed by atoms with Crippen molar-refractivity contribution in [1.82, 2.24) is 14.9 Å². The van der Waals surface area contributed by atoms with Crippen molar-refractivity contribution < 1.29 is 4.79 Å². The third-order valence-corrected chi connectivity index (χ3v) is 4.71. The van der Waals surface area contributed by atoms with Crippen LogP contribution in [0, 0.1) is 12.8 Å². The van der Waals surface area contributed by atoms with E-state index in [4.69, 9.17) is 23.2 Å². The van der Waals surface area contributed by atoms with Gasteiger partial charge in [-0.1, -0.05) is 24.3 Å².